The van der Waals surface area contributed by atoms with Crippen LogP contribution in [0.5, 0.6) is 5.75 Å². The molecule has 0 bridgehead atoms. The van der Waals surface area contributed by atoms with Gasteiger partial charge in [0.1, 0.15) is 12.4 Å². The molecular formula is C24H20N4O2. The number of ether oxygens (including phenoxy) is 1. The highest BCUT2D eigenvalue weighted by Crippen LogP contribution is 2.25. The smallest absolute Gasteiger partial charge is 0.251 e. The molecule has 2 heterocycles. The Morgan fingerprint density at radius 1 is 0.833 bits per heavy atom. The predicted octanol–water partition coefficient (Wildman–Crippen LogP) is 3.52. The van der Waals surface area contributed by atoms with Gasteiger partial charge in [-0.15, -0.1) is 0 Å². The number of para-hydroxylation sites is 1. The van der Waals surface area contributed by atoms with Gasteiger partial charge in [-0.05, 0) is 42.0 Å². The largest absolute Gasteiger partial charge is 0.487 e. The Kier molecular flexibility index (Phi) is 5.39. The number of nitrogens with two attached hydrogens (primary N) is 2. The fraction of sp³-hybridized carbons (Fsp3) is 0.0417. The average molecular weight is 396 g/mol. The van der Waals surface area contributed by atoms with Crippen LogP contribution in [0.1, 0.15) is 16.8 Å². The Bertz CT molecular complexity index is 1220. The van der Waals surface area contributed by atoms with Gasteiger partial charge in [0.15, 0.2) is 0 Å². The first-order chi connectivity index (χ1) is 14.6. The predicted molar refractivity (Wildman–Crippen MR) is 117 cm³/mol. The molecule has 4 rings (SSSR count). The number of carbonyl (C=O) groups excluding carboxylic acids is 1. The van der Waals surface area contributed by atoms with Crippen LogP contribution in [0.3, 0.4) is 0 Å². The van der Waals surface area contributed by atoms with Crippen molar-refractivity contribution < 1.29 is 9.53 Å². The molecule has 0 atom stereocenters. The second-order valence-corrected chi connectivity index (χ2v) is 6.70. The Hall–Kier alpha value is -4.19. The normalized spacial score (nSPS) is 11.7. The zero-order valence-electron chi connectivity index (χ0n) is 16.2. The molecule has 2 aromatic heterocycles. The Morgan fingerprint density at radius 2 is 1.57 bits per heavy atom. The second-order valence-electron chi connectivity index (χ2n) is 6.70. The number of nitrogens with zero attached hydrogens (tertiary/aromatic N) is 2. The number of hydrogen-bond donors (Lipinski definition) is 2. The van der Waals surface area contributed by atoms with Gasteiger partial charge in [-0.2, -0.15) is 0 Å². The summed E-state index contributed by atoms with van der Waals surface area (Å²) in [5.41, 5.74) is 15.4. The summed E-state index contributed by atoms with van der Waals surface area (Å²) < 4.78 is 5.85. The molecule has 0 aliphatic rings. The van der Waals surface area contributed by atoms with E-state index in [0.29, 0.717) is 29.2 Å². The van der Waals surface area contributed by atoms with Crippen LogP contribution in [0.15, 0.2) is 85.2 Å². The molecule has 0 fully saturated rings. The lowest BCUT2D eigenvalue weighted by Gasteiger charge is -2.11. The molecule has 2 aromatic carbocycles. The first-order valence-electron chi connectivity index (χ1n) is 9.39. The first kappa shape index (κ1) is 19.1. The molecule has 0 radical (unpaired) electrons. The molecule has 148 valence electrons. The van der Waals surface area contributed by atoms with Crippen LogP contribution in [0.2, 0.25) is 0 Å². The van der Waals surface area contributed by atoms with Gasteiger partial charge >= 0.3 is 0 Å². The molecule has 1 amide bonds. The number of fused-ring (bicyclic) bond motifs is 1. The third-order valence-electron chi connectivity index (χ3n) is 4.69. The molecule has 30 heavy (non-hydrogen) atoms. The minimum atomic E-state index is -0.599. The number of pyridine rings is 2. The molecule has 6 nitrogen and oxygen atoms in total. The molecule has 0 aliphatic carbocycles. The molecule has 0 saturated heterocycles. The summed E-state index contributed by atoms with van der Waals surface area (Å²) in [6.07, 6.45) is 3.22. The number of aromatic nitrogens is 2. The van der Waals surface area contributed by atoms with E-state index in [2.05, 4.69) is 9.97 Å². The van der Waals surface area contributed by atoms with Gasteiger partial charge in [-0.25, -0.2) is 4.98 Å². The van der Waals surface area contributed by atoms with Crippen molar-refractivity contribution in [2.75, 3.05) is 0 Å². The van der Waals surface area contributed by atoms with Gasteiger partial charge in [0.05, 0.1) is 22.5 Å². The zero-order valence-corrected chi connectivity index (χ0v) is 16.2. The van der Waals surface area contributed by atoms with Crippen molar-refractivity contribution in [1.82, 2.24) is 9.97 Å². The van der Waals surface area contributed by atoms with Gasteiger partial charge in [0.25, 0.3) is 5.91 Å². The molecule has 0 unspecified atom stereocenters. The van der Waals surface area contributed by atoms with Crippen LogP contribution < -0.4 is 16.2 Å². The van der Waals surface area contributed by atoms with Gasteiger partial charge in [0, 0.05) is 23.3 Å². The van der Waals surface area contributed by atoms with Gasteiger partial charge < -0.3 is 16.2 Å². The van der Waals surface area contributed by atoms with Gasteiger partial charge in [-0.3, -0.25) is 9.78 Å². The number of benzene rings is 2. The van der Waals surface area contributed by atoms with E-state index in [9.17, 15) is 4.79 Å². The van der Waals surface area contributed by atoms with E-state index >= 15 is 0 Å². The minimum Gasteiger partial charge on any atom is -0.487 e. The van der Waals surface area contributed by atoms with Crippen LogP contribution >= 0.6 is 0 Å². The average Bonchev–Trinajstić information content (AvgIpc) is 2.79. The fourth-order valence-electron chi connectivity index (χ4n) is 3.17. The van der Waals surface area contributed by atoms with Crippen LogP contribution in [-0.4, -0.2) is 15.9 Å². The second kappa shape index (κ2) is 8.45. The third kappa shape index (κ3) is 4.12. The molecule has 0 aliphatic heterocycles. The summed E-state index contributed by atoms with van der Waals surface area (Å²) in [6.45, 7) is 0.335. The lowest BCUT2D eigenvalue weighted by atomic mass is 10.00. The molecule has 4 N–H and O–H groups in total. The standard InChI is InChI=1S/C24H20N4O2/c25-23(18-11-13-27-14-12-18)22(24(26)29)17-6-9-20(10-7-17)30-15-19-8-5-16-3-1-2-4-21(16)28-19/h1-14H,15,25H2,(H2,26,29)/b23-22-. The van der Waals surface area contributed by atoms with Crippen LogP contribution in [-0.2, 0) is 11.4 Å². The Morgan fingerprint density at radius 3 is 2.30 bits per heavy atom. The van der Waals surface area contributed by atoms with Crippen molar-refractivity contribution in [3.8, 4) is 5.75 Å². The maximum absolute atomic E-state index is 12.0. The summed E-state index contributed by atoms with van der Waals surface area (Å²) in [6, 6.07) is 22.4. The number of carbonyl (C=O) groups is 1. The van der Waals surface area contributed by atoms with Crippen molar-refractivity contribution in [3.05, 3.63) is 102 Å². The van der Waals surface area contributed by atoms with E-state index in [-0.39, 0.29) is 5.57 Å². The summed E-state index contributed by atoms with van der Waals surface area (Å²) >= 11 is 0. The molecular weight excluding hydrogens is 376 g/mol. The van der Waals surface area contributed by atoms with E-state index in [4.69, 9.17) is 16.2 Å². The first-order valence-corrected chi connectivity index (χ1v) is 9.39. The van der Waals surface area contributed by atoms with Crippen molar-refractivity contribution in [3.63, 3.8) is 0 Å². The quantitative estimate of drug-likeness (QED) is 0.485. The van der Waals surface area contributed by atoms with Crippen LogP contribution in [0.25, 0.3) is 22.2 Å². The SMILES string of the molecule is NC(=O)/C(=C(\N)c1ccncc1)c1ccc(OCc2ccc3ccccc3n2)cc1. The molecule has 0 spiro atoms. The summed E-state index contributed by atoms with van der Waals surface area (Å²) in [4.78, 5) is 20.6. The van der Waals surface area contributed by atoms with E-state index in [1.54, 1.807) is 48.8 Å². The van der Waals surface area contributed by atoms with Crippen LogP contribution in [0, 0.1) is 0 Å². The summed E-state index contributed by atoms with van der Waals surface area (Å²) in [5.74, 6) is 0.0540. The monoisotopic (exact) mass is 396 g/mol. The number of primary amides is 1. The van der Waals surface area contributed by atoms with Gasteiger partial charge in [-0.1, -0.05) is 36.4 Å². The number of amides is 1. The van der Waals surface area contributed by atoms with E-state index in [0.717, 1.165) is 16.6 Å². The maximum Gasteiger partial charge on any atom is 0.251 e. The summed E-state index contributed by atoms with van der Waals surface area (Å²) in [7, 11) is 0. The highest BCUT2D eigenvalue weighted by molar-refractivity contribution is 6.25. The molecule has 6 heteroatoms. The van der Waals surface area contributed by atoms with Crippen molar-refractivity contribution in [2.45, 2.75) is 6.61 Å². The highest BCUT2D eigenvalue weighted by atomic mass is 16.5. The highest BCUT2D eigenvalue weighted by Gasteiger charge is 2.14. The lowest BCUT2D eigenvalue weighted by molar-refractivity contribution is -0.112. The minimum absolute atomic E-state index is 0.254. The topological polar surface area (TPSA) is 104 Å². The third-order valence-corrected chi connectivity index (χ3v) is 4.69. The lowest BCUT2D eigenvalue weighted by Crippen LogP contribution is -2.17. The number of rotatable bonds is 6. The van der Waals surface area contributed by atoms with Crippen molar-refractivity contribution in [1.29, 1.82) is 0 Å². The van der Waals surface area contributed by atoms with Crippen molar-refractivity contribution in [2.24, 2.45) is 11.5 Å². The van der Waals surface area contributed by atoms with Crippen LogP contribution in [0.4, 0.5) is 0 Å². The summed E-state index contributed by atoms with van der Waals surface area (Å²) in [5, 5.41) is 1.09. The molecule has 4 aromatic rings. The molecule has 0 saturated carbocycles. The number of hydrogen-bond acceptors (Lipinski definition) is 5. The van der Waals surface area contributed by atoms with E-state index in [1.165, 1.54) is 0 Å². The Labute approximate surface area is 173 Å². The van der Waals surface area contributed by atoms with Crippen molar-refractivity contribution >= 4 is 28.1 Å². The fourth-order valence-corrected chi connectivity index (χ4v) is 3.17. The Balaban J connectivity index is 1.53. The van der Waals surface area contributed by atoms with Gasteiger partial charge in [0.2, 0.25) is 0 Å². The zero-order chi connectivity index (χ0) is 20.9. The van der Waals surface area contributed by atoms with E-state index in [1.807, 2.05) is 36.4 Å². The van der Waals surface area contributed by atoms with E-state index < -0.39 is 5.91 Å². The maximum atomic E-state index is 12.0.